The Hall–Kier alpha value is -0.970. The molecule has 0 aliphatic heterocycles. The van der Waals surface area contributed by atoms with Crippen LogP contribution in [0.4, 0.5) is 5.82 Å². The van der Waals surface area contributed by atoms with E-state index in [0.717, 1.165) is 17.4 Å². The largest absolute Gasteiger partial charge is 0.359 e. The molecule has 0 radical (unpaired) electrons. The van der Waals surface area contributed by atoms with Gasteiger partial charge in [-0.1, -0.05) is 25.9 Å². The maximum atomic E-state index is 12.3. The zero-order valence-electron chi connectivity index (χ0n) is 12.9. The summed E-state index contributed by atoms with van der Waals surface area (Å²) in [6.45, 7) is 10.1. The number of thioether (sulfide) groups is 1. The van der Waals surface area contributed by atoms with Gasteiger partial charge < -0.3 is 9.84 Å². The Morgan fingerprint density at radius 2 is 2.05 bits per heavy atom. The van der Waals surface area contributed by atoms with E-state index in [9.17, 15) is 4.79 Å². The van der Waals surface area contributed by atoms with Gasteiger partial charge in [-0.05, 0) is 38.4 Å². The Kier molecular flexibility index (Phi) is 4.19. The molecule has 0 spiro atoms. The molecule has 1 N–H and O–H groups in total. The summed E-state index contributed by atoms with van der Waals surface area (Å²) < 4.78 is 4.84. The average molecular weight is 296 g/mol. The molecule has 1 aromatic heterocycles. The van der Waals surface area contributed by atoms with E-state index in [-0.39, 0.29) is 11.3 Å². The second-order valence-corrected chi connectivity index (χ2v) is 8.69. The second-order valence-electron chi connectivity index (χ2n) is 7.05. The Bertz CT molecular complexity index is 484. The monoisotopic (exact) mass is 296 g/mol. The predicted octanol–water partition coefficient (Wildman–Crippen LogP) is 3.83. The van der Waals surface area contributed by atoms with Crippen molar-refractivity contribution in [3.63, 3.8) is 0 Å². The minimum Gasteiger partial charge on any atom is -0.359 e. The molecular weight excluding hydrogens is 272 g/mol. The van der Waals surface area contributed by atoms with Crippen LogP contribution in [0.3, 0.4) is 0 Å². The van der Waals surface area contributed by atoms with Gasteiger partial charge in [-0.25, -0.2) is 0 Å². The summed E-state index contributed by atoms with van der Waals surface area (Å²) >= 11 is 1.72. The molecule has 0 unspecified atom stereocenters. The SMILES string of the molecule is CC(C)(SCC1CC1)C(=O)Nc1cc(C(C)(C)C)on1. The van der Waals surface area contributed by atoms with Gasteiger partial charge in [0.1, 0.15) is 5.76 Å². The average Bonchev–Trinajstić information content (AvgIpc) is 3.04. The standard InChI is InChI=1S/C15H24N2O2S/c1-14(2,3)11-8-12(17-19-11)16-13(18)15(4,5)20-9-10-6-7-10/h8,10H,6-7,9H2,1-5H3,(H,16,17,18). The highest BCUT2D eigenvalue weighted by Crippen LogP contribution is 2.37. The fourth-order valence-electron chi connectivity index (χ4n) is 1.63. The fraction of sp³-hybridized carbons (Fsp3) is 0.733. The van der Waals surface area contributed by atoms with Crippen molar-refractivity contribution < 1.29 is 9.32 Å². The summed E-state index contributed by atoms with van der Waals surface area (Å²) in [6.07, 6.45) is 2.62. The molecule has 0 saturated heterocycles. The molecule has 1 heterocycles. The van der Waals surface area contributed by atoms with E-state index in [0.29, 0.717) is 5.82 Å². The van der Waals surface area contributed by atoms with Crippen LogP contribution in [0, 0.1) is 5.92 Å². The molecule has 2 rings (SSSR count). The van der Waals surface area contributed by atoms with Crippen molar-refractivity contribution in [3.05, 3.63) is 11.8 Å². The number of carbonyl (C=O) groups excluding carboxylic acids is 1. The van der Waals surface area contributed by atoms with Crippen LogP contribution < -0.4 is 5.32 Å². The molecule has 1 fully saturated rings. The summed E-state index contributed by atoms with van der Waals surface area (Å²) in [4.78, 5) is 12.3. The summed E-state index contributed by atoms with van der Waals surface area (Å²) in [5.41, 5.74) is -0.105. The van der Waals surface area contributed by atoms with Crippen LogP contribution in [-0.4, -0.2) is 21.6 Å². The number of anilines is 1. The number of carbonyl (C=O) groups is 1. The van der Waals surface area contributed by atoms with E-state index in [1.807, 2.05) is 13.8 Å². The molecule has 1 aromatic rings. The Balaban J connectivity index is 1.94. The Morgan fingerprint density at radius 3 is 2.55 bits per heavy atom. The summed E-state index contributed by atoms with van der Waals surface area (Å²) in [6, 6.07) is 1.81. The highest BCUT2D eigenvalue weighted by atomic mass is 32.2. The molecule has 112 valence electrons. The number of amides is 1. The van der Waals surface area contributed by atoms with Crippen molar-refractivity contribution in [3.8, 4) is 0 Å². The zero-order valence-corrected chi connectivity index (χ0v) is 13.8. The first-order valence-corrected chi connectivity index (χ1v) is 8.09. The van der Waals surface area contributed by atoms with Gasteiger partial charge in [-0.3, -0.25) is 4.79 Å². The topological polar surface area (TPSA) is 55.1 Å². The first-order chi connectivity index (χ1) is 9.18. The molecule has 0 aromatic carbocycles. The van der Waals surface area contributed by atoms with Gasteiger partial charge in [-0.15, -0.1) is 11.8 Å². The predicted molar refractivity (Wildman–Crippen MR) is 83.1 cm³/mol. The maximum Gasteiger partial charge on any atom is 0.241 e. The lowest BCUT2D eigenvalue weighted by atomic mass is 9.93. The summed E-state index contributed by atoms with van der Waals surface area (Å²) in [7, 11) is 0. The van der Waals surface area contributed by atoms with Crippen LogP contribution in [0.5, 0.6) is 0 Å². The van der Waals surface area contributed by atoms with Crippen molar-refractivity contribution in [2.75, 3.05) is 11.1 Å². The molecule has 20 heavy (non-hydrogen) atoms. The van der Waals surface area contributed by atoms with Crippen LogP contribution in [0.2, 0.25) is 0 Å². The minimum atomic E-state index is -0.441. The third-order valence-electron chi connectivity index (χ3n) is 3.41. The lowest BCUT2D eigenvalue weighted by Gasteiger charge is -2.22. The minimum absolute atomic E-state index is 0.0168. The van der Waals surface area contributed by atoms with Gasteiger partial charge in [0.15, 0.2) is 5.82 Å². The molecule has 5 heteroatoms. The van der Waals surface area contributed by atoms with Gasteiger partial charge in [0, 0.05) is 11.5 Å². The molecule has 1 aliphatic carbocycles. The normalized spacial score (nSPS) is 16.2. The van der Waals surface area contributed by atoms with Gasteiger partial charge in [-0.2, -0.15) is 0 Å². The first-order valence-electron chi connectivity index (χ1n) is 7.11. The summed E-state index contributed by atoms with van der Waals surface area (Å²) in [5.74, 6) is 3.13. The van der Waals surface area contributed by atoms with Crippen LogP contribution in [0.1, 0.15) is 53.2 Å². The van der Waals surface area contributed by atoms with E-state index >= 15 is 0 Å². The number of hydrogen-bond donors (Lipinski definition) is 1. The third kappa shape index (κ3) is 4.01. The summed E-state index contributed by atoms with van der Waals surface area (Å²) in [5, 5.41) is 6.78. The fourth-order valence-corrected chi connectivity index (χ4v) is 2.80. The second kappa shape index (κ2) is 5.43. The number of nitrogens with zero attached hydrogens (tertiary/aromatic N) is 1. The van der Waals surface area contributed by atoms with Crippen LogP contribution in [-0.2, 0) is 10.2 Å². The number of hydrogen-bond acceptors (Lipinski definition) is 4. The number of rotatable bonds is 5. The third-order valence-corrected chi connectivity index (χ3v) is 4.96. The van der Waals surface area contributed by atoms with Gasteiger partial charge in [0.25, 0.3) is 0 Å². The smallest absolute Gasteiger partial charge is 0.241 e. The van der Waals surface area contributed by atoms with Gasteiger partial charge in [0.05, 0.1) is 4.75 Å². The van der Waals surface area contributed by atoms with Crippen LogP contribution in [0.15, 0.2) is 10.6 Å². The molecule has 1 saturated carbocycles. The van der Waals surface area contributed by atoms with E-state index < -0.39 is 4.75 Å². The van der Waals surface area contributed by atoms with E-state index in [2.05, 4.69) is 31.2 Å². The van der Waals surface area contributed by atoms with E-state index in [4.69, 9.17) is 4.52 Å². The number of aromatic nitrogens is 1. The lowest BCUT2D eigenvalue weighted by Crippen LogP contribution is -2.34. The quantitative estimate of drug-likeness (QED) is 0.897. The molecule has 1 aliphatic rings. The zero-order chi connectivity index (χ0) is 15.0. The maximum absolute atomic E-state index is 12.3. The van der Waals surface area contributed by atoms with Crippen LogP contribution >= 0.6 is 11.8 Å². The van der Waals surface area contributed by atoms with Crippen LogP contribution in [0.25, 0.3) is 0 Å². The molecule has 1 amide bonds. The Morgan fingerprint density at radius 1 is 1.40 bits per heavy atom. The molecular formula is C15H24N2O2S. The van der Waals surface area contributed by atoms with Crippen molar-refractivity contribution in [1.29, 1.82) is 0 Å². The van der Waals surface area contributed by atoms with Gasteiger partial charge >= 0.3 is 0 Å². The highest BCUT2D eigenvalue weighted by molar-refractivity contribution is 8.01. The lowest BCUT2D eigenvalue weighted by molar-refractivity contribution is -0.117. The Labute approximate surface area is 125 Å². The van der Waals surface area contributed by atoms with E-state index in [1.54, 1.807) is 17.8 Å². The molecule has 4 nitrogen and oxygen atoms in total. The molecule has 0 bridgehead atoms. The van der Waals surface area contributed by atoms with Crippen molar-refractivity contribution in [2.45, 2.75) is 57.6 Å². The molecule has 0 atom stereocenters. The van der Waals surface area contributed by atoms with Gasteiger partial charge in [0.2, 0.25) is 5.91 Å². The van der Waals surface area contributed by atoms with Crippen molar-refractivity contribution in [2.24, 2.45) is 5.92 Å². The van der Waals surface area contributed by atoms with E-state index in [1.165, 1.54) is 12.8 Å². The first kappa shape index (κ1) is 15.4. The number of nitrogens with one attached hydrogen (secondary N) is 1. The highest BCUT2D eigenvalue weighted by Gasteiger charge is 2.32. The van der Waals surface area contributed by atoms with Crippen molar-refractivity contribution >= 4 is 23.5 Å². The van der Waals surface area contributed by atoms with Crippen molar-refractivity contribution in [1.82, 2.24) is 5.16 Å².